The topological polar surface area (TPSA) is 119 Å². The van der Waals surface area contributed by atoms with Crippen LogP contribution < -0.4 is 21.6 Å². The van der Waals surface area contributed by atoms with Crippen molar-refractivity contribution in [2.75, 3.05) is 29.4 Å². The molecule has 40 heavy (non-hydrogen) atoms. The zero-order valence-corrected chi connectivity index (χ0v) is 21.8. The van der Waals surface area contributed by atoms with Crippen LogP contribution in [0.25, 0.3) is 11.0 Å². The largest absolute Gasteiger partial charge is 0.482 e. The van der Waals surface area contributed by atoms with Gasteiger partial charge in [0.15, 0.2) is 13.5 Å². The van der Waals surface area contributed by atoms with Crippen LogP contribution in [0.3, 0.4) is 0 Å². The van der Waals surface area contributed by atoms with Gasteiger partial charge in [-0.25, -0.2) is 9.59 Å². The molecule has 0 saturated carbocycles. The second-order valence-electron chi connectivity index (χ2n) is 8.69. The highest BCUT2D eigenvalue weighted by molar-refractivity contribution is 6.05. The minimum atomic E-state index is -0.758. The first-order valence-electron chi connectivity index (χ1n) is 12.5. The van der Waals surface area contributed by atoms with E-state index in [9.17, 15) is 14.4 Å². The fourth-order valence-electron chi connectivity index (χ4n) is 3.84. The predicted molar refractivity (Wildman–Crippen MR) is 155 cm³/mol. The summed E-state index contributed by atoms with van der Waals surface area (Å²) in [5.41, 5.74) is 3.86. The number of ether oxygens (including phenoxy) is 2. The van der Waals surface area contributed by atoms with Gasteiger partial charge in [0.2, 0.25) is 0 Å². The molecule has 0 aliphatic carbocycles. The van der Waals surface area contributed by atoms with Crippen LogP contribution in [0, 0.1) is 0 Å². The summed E-state index contributed by atoms with van der Waals surface area (Å²) in [5, 5.41) is 9.35. The van der Waals surface area contributed by atoms with Crippen molar-refractivity contribution in [3.8, 4) is 0 Å². The fourth-order valence-corrected chi connectivity index (χ4v) is 3.84. The molecule has 0 saturated heterocycles. The number of esters is 1. The first-order chi connectivity index (χ1) is 19.4. The normalized spacial score (nSPS) is 10.4. The van der Waals surface area contributed by atoms with E-state index < -0.39 is 17.5 Å². The molecule has 0 aliphatic rings. The average molecular weight is 540 g/mol. The van der Waals surface area contributed by atoms with Crippen molar-refractivity contribution in [3.63, 3.8) is 0 Å². The number of hydrogen-bond acceptors (Lipinski definition) is 8. The molecule has 3 N–H and O–H groups in total. The van der Waals surface area contributed by atoms with Crippen LogP contribution >= 0.6 is 0 Å². The van der Waals surface area contributed by atoms with Gasteiger partial charge in [0, 0.05) is 34.6 Å². The van der Waals surface area contributed by atoms with Gasteiger partial charge in [-0.1, -0.05) is 37.4 Å². The van der Waals surface area contributed by atoms with Gasteiger partial charge in [-0.05, 0) is 66.4 Å². The van der Waals surface area contributed by atoms with Crippen LogP contribution in [0.1, 0.15) is 21.5 Å². The van der Waals surface area contributed by atoms with Crippen LogP contribution in [0.2, 0.25) is 0 Å². The summed E-state index contributed by atoms with van der Waals surface area (Å²) in [4.78, 5) is 36.5. The Morgan fingerprint density at radius 3 is 2.08 bits per heavy atom. The first-order valence-corrected chi connectivity index (χ1v) is 12.5. The number of anilines is 3. The van der Waals surface area contributed by atoms with Crippen molar-refractivity contribution >= 4 is 39.9 Å². The molecule has 0 fully saturated rings. The lowest BCUT2D eigenvalue weighted by atomic mass is 10.0. The van der Waals surface area contributed by atoms with Crippen molar-refractivity contribution in [2.45, 2.75) is 12.8 Å². The SMILES string of the molecule is C=COCNc1ccc(CCc2ccc(NC(=O)c3cc4ccc(NCOC(=O)C=C)cc4oc3=O)cc2)cc1. The standard InChI is InChI=1S/C31H29N3O6/c1-3-29(35)39-20-33-26-16-11-23-17-27(31(37)40-28(23)18-26)30(36)34-25-14-9-22(10-15-25)6-5-21-7-12-24(13-8-21)32-19-38-4-2/h3-4,7-18,32-33H,1-2,5-6,19-20H2,(H,34,36). The molecule has 0 spiro atoms. The van der Waals surface area contributed by atoms with Crippen LogP contribution in [-0.2, 0) is 27.1 Å². The lowest BCUT2D eigenvalue weighted by Crippen LogP contribution is -2.20. The monoisotopic (exact) mass is 539 g/mol. The Hall–Kier alpha value is -5.31. The molecule has 0 bridgehead atoms. The quantitative estimate of drug-likeness (QED) is 0.0512. The number of fused-ring (bicyclic) bond motifs is 1. The Balaban J connectivity index is 1.33. The van der Waals surface area contributed by atoms with E-state index >= 15 is 0 Å². The zero-order valence-electron chi connectivity index (χ0n) is 21.8. The molecule has 0 atom stereocenters. The Bertz CT molecular complexity index is 1560. The van der Waals surface area contributed by atoms with Gasteiger partial charge in [-0.2, -0.15) is 0 Å². The van der Waals surface area contributed by atoms with Gasteiger partial charge in [0.25, 0.3) is 5.91 Å². The van der Waals surface area contributed by atoms with Gasteiger partial charge in [-0.15, -0.1) is 0 Å². The molecule has 0 aliphatic heterocycles. The van der Waals surface area contributed by atoms with E-state index in [1.165, 1.54) is 17.9 Å². The molecule has 9 heteroatoms. The summed E-state index contributed by atoms with van der Waals surface area (Å²) in [5.74, 6) is -1.12. The molecular formula is C31H29N3O6. The van der Waals surface area contributed by atoms with E-state index in [0.29, 0.717) is 29.1 Å². The number of nitrogens with one attached hydrogen (secondary N) is 3. The van der Waals surface area contributed by atoms with Crippen molar-refractivity contribution in [1.82, 2.24) is 0 Å². The van der Waals surface area contributed by atoms with Gasteiger partial charge in [0.1, 0.15) is 11.1 Å². The van der Waals surface area contributed by atoms with Gasteiger partial charge < -0.3 is 29.8 Å². The minimum absolute atomic E-state index is 0.0718. The molecule has 1 amide bonds. The van der Waals surface area contributed by atoms with E-state index in [1.54, 1.807) is 30.3 Å². The lowest BCUT2D eigenvalue weighted by Gasteiger charge is -2.09. The average Bonchev–Trinajstić information content (AvgIpc) is 2.97. The zero-order chi connectivity index (χ0) is 28.3. The summed E-state index contributed by atoms with van der Waals surface area (Å²) < 4.78 is 15.3. The molecule has 9 nitrogen and oxygen atoms in total. The van der Waals surface area contributed by atoms with Crippen LogP contribution in [0.15, 0.2) is 108 Å². The fraction of sp³-hybridized carbons (Fsp3) is 0.129. The number of carbonyl (C=O) groups excluding carboxylic acids is 2. The molecule has 4 aromatic rings. The van der Waals surface area contributed by atoms with Gasteiger partial charge in [-0.3, -0.25) is 4.79 Å². The number of aryl methyl sites for hydroxylation is 2. The number of hydrogen-bond donors (Lipinski definition) is 3. The molecule has 1 aromatic heterocycles. The molecule has 0 radical (unpaired) electrons. The van der Waals surface area contributed by atoms with E-state index in [2.05, 4.69) is 41.2 Å². The third kappa shape index (κ3) is 7.61. The minimum Gasteiger partial charge on any atom is -0.482 e. The van der Waals surface area contributed by atoms with Crippen LogP contribution in [-0.4, -0.2) is 25.3 Å². The first kappa shape index (κ1) is 27.7. The maximum absolute atomic E-state index is 12.8. The molecule has 4 rings (SSSR count). The third-order valence-corrected chi connectivity index (χ3v) is 5.98. The molecular weight excluding hydrogens is 510 g/mol. The Kier molecular flexibility index (Phi) is 9.34. The summed E-state index contributed by atoms with van der Waals surface area (Å²) in [7, 11) is 0. The van der Waals surface area contributed by atoms with E-state index in [1.807, 2.05) is 24.3 Å². The maximum Gasteiger partial charge on any atom is 0.349 e. The van der Waals surface area contributed by atoms with E-state index in [4.69, 9.17) is 13.9 Å². The summed E-state index contributed by atoms with van der Waals surface area (Å²) in [6.45, 7) is 7.13. The molecule has 3 aromatic carbocycles. The Morgan fingerprint density at radius 1 is 0.800 bits per heavy atom. The van der Waals surface area contributed by atoms with Crippen molar-refractivity contribution in [2.24, 2.45) is 0 Å². The van der Waals surface area contributed by atoms with Crippen LogP contribution in [0.4, 0.5) is 17.1 Å². The van der Waals surface area contributed by atoms with Crippen molar-refractivity contribution < 1.29 is 23.5 Å². The highest BCUT2D eigenvalue weighted by Crippen LogP contribution is 2.20. The highest BCUT2D eigenvalue weighted by Gasteiger charge is 2.14. The van der Waals surface area contributed by atoms with E-state index in [-0.39, 0.29) is 12.3 Å². The Labute approximate surface area is 231 Å². The summed E-state index contributed by atoms with van der Waals surface area (Å²) in [6, 6.07) is 22.1. The van der Waals surface area contributed by atoms with Crippen LogP contribution in [0.5, 0.6) is 0 Å². The second-order valence-corrected chi connectivity index (χ2v) is 8.69. The number of amides is 1. The van der Waals surface area contributed by atoms with E-state index in [0.717, 1.165) is 30.2 Å². The number of benzene rings is 3. The Morgan fingerprint density at radius 2 is 1.43 bits per heavy atom. The number of rotatable bonds is 13. The molecule has 0 unspecified atom stereocenters. The predicted octanol–water partition coefficient (Wildman–Crippen LogP) is 5.46. The molecule has 204 valence electrons. The second kappa shape index (κ2) is 13.5. The number of carbonyl (C=O) groups is 2. The van der Waals surface area contributed by atoms with Gasteiger partial charge in [0.05, 0.1) is 6.26 Å². The lowest BCUT2D eigenvalue weighted by molar-refractivity contribution is -0.136. The third-order valence-electron chi connectivity index (χ3n) is 5.98. The summed E-state index contributed by atoms with van der Waals surface area (Å²) in [6.07, 6.45) is 4.15. The van der Waals surface area contributed by atoms with Gasteiger partial charge >= 0.3 is 11.6 Å². The molecule has 1 heterocycles. The smallest absolute Gasteiger partial charge is 0.349 e. The van der Waals surface area contributed by atoms with Crippen molar-refractivity contribution in [1.29, 1.82) is 0 Å². The highest BCUT2D eigenvalue weighted by atomic mass is 16.5. The maximum atomic E-state index is 12.8. The summed E-state index contributed by atoms with van der Waals surface area (Å²) >= 11 is 0. The van der Waals surface area contributed by atoms with Crippen molar-refractivity contribution in [3.05, 3.63) is 125 Å².